The Labute approximate surface area is 163 Å². The van der Waals surface area contributed by atoms with Gasteiger partial charge in [-0.2, -0.15) is 5.26 Å². The number of nitriles is 1. The molecule has 28 heavy (non-hydrogen) atoms. The smallest absolute Gasteiger partial charge is 0.0991 e. The zero-order valence-corrected chi connectivity index (χ0v) is 15.7. The van der Waals surface area contributed by atoms with Crippen LogP contribution >= 0.6 is 0 Å². The molecule has 0 radical (unpaired) electrons. The number of benzene rings is 1. The van der Waals surface area contributed by atoms with Crippen LogP contribution in [0, 0.1) is 16.7 Å². The van der Waals surface area contributed by atoms with E-state index in [1.54, 1.807) is 6.08 Å². The molecular formula is C23H19N5. The maximum absolute atomic E-state index is 9.12. The van der Waals surface area contributed by atoms with E-state index in [1.165, 1.54) is 0 Å². The van der Waals surface area contributed by atoms with Crippen molar-refractivity contribution >= 4 is 22.2 Å². The van der Waals surface area contributed by atoms with Crippen LogP contribution in [0.2, 0.25) is 0 Å². The fourth-order valence-corrected chi connectivity index (χ4v) is 3.44. The quantitative estimate of drug-likeness (QED) is 0.731. The van der Waals surface area contributed by atoms with Gasteiger partial charge in [-0.15, -0.1) is 0 Å². The number of nitrogens with one attached hydrogen (secondary N) is 2. The Bertz CT molecular complexity index is 1210. The van der Waals surface area contributed by atoms with Crippen LogP contribution in [-0.2, 0) is 7.05 Å². The Morgan fingerprint density at radius 2 is 1.96 bits per heavy atom. The van der Waals surface area contributed by atoms with Crippen molar-refractivity contribution in [3.05, 3.63) is 84.0 Å². The van der Waals surface area contributed by atoms with Gasteiger partial charge in [0.1, 0.15) is 0 Å². The number of allylic oxidation sites excluding steroid dienone is 5. The van der Waals surface area contributed by atoms with E-state index < -0.39 is 0 Å². The van der Waals surface area contributed by atoms with E-state index in [2.05, 4.69) is 17.5 Å². The minimum absolute atomic E-state index is 0.457. The van der Waals surface area contributed by atoms with Gasteiger partial charge >= 0.3 is 0 Å². The van der Waals surface area contributed by atoms with Gasteiger partial charge in [-0.05, 0) is 35.9 Å². The van der Waals surface area contributed by atoms with Gasteiger partial charge < -0.3 is 15.3 Å². The summed E-state index contributed by atoms with van der Waals surface area (Å²) < 4.78 is 2.05. The van der Waals surface area contributed by atoms with Crippen molar-refractivity contribution in [2.24, 2.45) is 7.05 Å². The minimum atomic E-state index is 0.457. The molecule has 5 heteroatoms. The van der Waals surface area contributed by atoms with Crippen LogP contribution in [0.15, 0.2) is 72.7 Å². The van der Waals surface area contributed by atoms with Crippen molar-refractivity contribution in [2.75, 3.05) is 7.05 Å². The van der Waals surface area contributed by atoms with Crippen LogP contribution in [0.1, 0.15) is 11.3 Å². The van der Waals surface area contributed by atoms with E-state index in [4.69, 9.17) is 15.7 Å². The lowest BCUT2D eigenvalue weighted by Crippen LogP contribution is -2.06. The fraction of sp³-hybridized carbons (Fsp3) is 0.0870. The van der Waals surface area contributed by atoms with Gasteiger partial charge in [0.05, 0.1) is 34.8 Å². The Kier molecular flexibility index (Phi) is 4.38. The van der Waals surface area contributed by atoms with Gasteiger partial charge in [-0.25, -0.2) is 0 Å². The van der Waals surface area contributed by atoms with Crippen molar-refractivity contribution in [1.29, 1.82) is 10.7 Å². The lowest BCUT2D eigenvalue weighted by atomic mass is 9.91. The highest BCUT2D eigenvalue weighted by Gasteiger charge is 2.18. The molecule has 0 saturated carbocycles. The van der Waals surface area contributed by atoms with Crippen molar-refractivity contribution in [1.82, 2.24) is 14.9 Å². The molecule has 4 rings (SSSR count). The highest BCUT2D eigenvalue weighted by Crippen LogP contribution is 2.36. The molecule has 0 amide bonds. The summed E-state index contributed by atoms with van der Waals surface area (Å²) in [5.41, 5.74) is 6.77. The van der Waals surface area contributed by atoms with E-state index >= 15 is 0 Å². The molecule has 2 N–H and O–H groups in total. The van der Waals surface area contributed by atoms with Gasteiger partial charge in [0.15, 0.2) is 0 Å². The number of rotatable bonds is 3. The van der Waals surface area contributed by atoms with Gasteiger partial charge in [0.2, 0.25) is 0 Å². The first kappa shape index (κ1) is 17.5. The molecular weight excluding hydrogens is 346 g/mol. The van der Waals surface area contributed by atoms with E-state index in [9.17, 15) is 0 Å². The highest BCUT2D eigenvalue weighted by molar-refractivity contribution is 6.14. The average Bonchev–Trinajstić information content (AvgIpc) is 3.10. The molecule has 0 atom stereocenters. The van der Waals surface area contributed by atoms with E-state index in [0.29, 0.717) is 11.3 Å². The molecule has 2 heterocycles. The van der Waals surface area contributed by atoms with Crippen molar-refractivity contribution in [3.63, 3.8) is 0 Å². The maximum Gasteiger partial charge on any atom is 0.0991 e. The van der Waals surface area contributed by atoms with Gasteiger partial charge in [0, 0.05) is 48.6 Å². The molecule has 2 aromatic heterocycles. The number of fused-ring (bicyclic) bond motifs is 1. The molecule has 1 aliphatic rings. The van der Waals surface area contributed by atoms with Crippen molar-refractivity contribution in [3.8, 4) is 17.2 Å². The van der Waals surface area contributed by atoms with Crippen molar-refractivity contribution in [2.45, 2.75) is 0 Å². The van der Waals surface area contributed by atoms with Gasteiger partial charge in [-0.3, -0.25) is 4.98 Å². The molecule has 0 aliphatic heterocycles. The number of pyridine rings is 1. The lowest BCUT2D eigenvalue weighted by molar-refractivity contribution is 0.965. The summed E-state index contributed by atoms with van der Waals surface area (Å²) in [4.78, 5) is 4.78. The SMILES string of the molecule is CN/C=C1/C=C(c2ncc3c(ccn3C)c2-c2ccc(C#N)cc2)C=CC1=N. The Morgan fingerprint density at radius 3 is 2.68 bits per heavy atom. The standard InChI is InChI=1S/C23H19N5/c1-26-13-18-11-17(7-8-20(18)25)23-22(16-5-3-15(12-24)4-6-16)19-9-10-28(2)21(19)14-27-23/h3-11,13-14,25-26H,1-2H3/b18-13-,25-20?. The summed E-state index contributed by atoms with van der Waals surface area (Å²) >= 11 is 0. The summed E-state index contributed by atoms with van der Waals surface area (Å²) in [5, 5.41) is 21.3. The molecule has 0 spiro atoms. The number of nitrogens with zero attached hydrogens (tertiary/aromatic N) is 3. The molecule has 0 saturated heterocycles. The predicted molar refractivity (Wildman–Crippen MR) is 113 cm³/mol. The number of aromatic nitrogens is 2. The zero-order valence-electron chi connectivity index (χ0n) is 15.7. The largest absolute Gasteiger partial charge is 0.393 e. The van der Waals surface area contributed by atoms with Crippen LogP contribution in [0.4, 0.5) is 0 Å². The summed E-state index contributed by atoms with van der Waals surface area (Å²) in [6.07, 6.45) is 11.4. The molecule has 1 aliphatic carbocycles. The second kappa shape index (κ2) is 7.01. The third-order valence-corrected chi connectivity index (χ3v) is 4.87. The lowest BCUT2D eigenvalue weighted by Gasteiger charge is -2.15. The average molecular weight is 365 g/mol. The Morgan fingerprint density at radius 1 is 1.18 bits per heavy atom. The molecule has 1 aromatic carbocycles. The number of hydrogen-bond acceptors (Lipinski definition) is 4. The first-order valence-corrected chi connectivity index (χ1v) is 8.93. The van der Waals surface area contributed by atoms with Crippen LogP contribution < -0.4 is 5.32 Å². The maximum atomic E-state index is 9.12. The number of aryl methyl sites for hydroxylation is 1. The molecule has 3 aromatic rings. The highest BCUT2D eigenvalue weighted by atomic mass is 14.9. The normalized spacial score (nSPS) is 15.0. The topological polar surface area (TPSA) is 77.5 Å². The molecule has 0 bridgehead atoms. The first-order valence-electron chi connectivity index (χ1n) is 8.93. The first-order chi connectivity index (χ1) is 13.6. The van der Waals surface area contributed by atoms with Crippen LogP contribution in [-0.4, -0.2) is 22.3 Å². The summed E-state index contributed by atoms with van der Waals surface area (Å²) in [6, 6.07) is 11.8. The summed E-state index contributed by atoms with van der Waals surface area (Å²) in [6.45, 7) is 0. The van der Waals surface area contributed by atoms with Gasteiger partial charge in [0.25, 0.3) is 0 Å². The predicted octanol–water partition coefficient (Wildman–Crippen LogP) is 4.19. The Balaban J connectivity index is 1.98. The monoisotopic (exact) mass is 365 g/mol. The molecule has 136 valence electrons. The van der Waals surface area contributed by atoms with Crippen LogP contribution in [0.3, 0.4) is 0 Å². The second-order valence-electron chi connectivity index (χ2n) is 6.63. The van der Waals surface area contributed by atoms with Crippen LogP contribution in [0.5, 0.6) is 0 Å². The molecule has 0 unspecified atom stereocenters. The van der Waals surface area contributed by atoms with Gasteiger partial charge in [-0.1, -0.05) is 18.2 Å². The van der Waals surface area contributed by atoms with E-state index in [1.807, 2.05) is 73.7 Å². The van der Waals surface area contributed by atoms with E-state index in [0.717, 1.165) is 38.9 Å². The Hall–Kier alpha value is -3.91. The minimum Gasteiger partial charge on any atom is -0.393 e. The summed E-state index contributed by atoms with van der Waals surface area (Å²) in [5.74, 6) is 0. The van der Waals surface area contributed by atoms with Crippen molar-refractivity contribution < 1.29 is 0 Å². The third-order valence-electron chi connectivity index (χ3n) is 4.87. The second-order valence-corrected chi connectivity index (χ2v) is 6.63. The fourth-order valence-electron chi connectivity index (χ4n) is 3.44. The molecule has 0 fully saturated rings. The number of hydrogen-bond donors (Lipinski definition) is 2. The summed E-state index contributed by atoms with van der Waals surface area (Å²) in [7, 11) is 3.82. The third kappa shape index (κ3) is 2.91. The zero-order chi connectivity index (χ0) is 19.7. The van der Waals surface area contributed by atoms with E-state index in [-0.39, 0.29) is 0 Å². The van der Waals surface area contributed by atoms with Crippen LogP contribution in [0.25, 0.3) is 27.6 Å². The molecule has 5 nitrogen and oxygen atoms in total.